The Balaban J connectivity index is 1.78. The zero-order chi connectivity index (χ0) is 14.2. The topological polar surface area (TPSA) is 66.0 Å². The first kappa shape index (κ1) is 14.6. The maximum Gasteiger partial charge on any atom is 0.319 e. The second-order valence-electron chi connectivity index (χ2n) is 5.29. The van der Waals surface area contributed by atoms with Crippen molar-refractivity contribution in [2.45, 2.75) is 51.5 Å². The van der Waals surface area contributed by atoms with Crippen LogP contribution in [-0.2, 0) is 0 Å². The quantitative estimate of drug-likeness (QED) is 0.772. The predicted molar refractivity (Wildman–Crippen MR) is 82.0 cm³/mol. The lowest BCUT2D eigenvalue weighted by molar-refractivity contribution is 0.244. The number of rotatable bonds is 5. The summed E-state index contributed by atoms with van der Waals surface area (Å²) in [5, 5.41) is 9.06. The summed E-state index contributed by atoms with van der Waals surface area (Å²) < 4.78 is 0. The number of carbonyl (C=O) groups is 1. The summed E-state index contributed by atoms with van der Waals surface area (Å²) in [6, 6.07) is 3.94. The Morgan fingerprint density at radius 3 is 2.75 bits per heavy atom. The Kier molecular flexibility index (Phi) is 5.65. The van der Waals surface area contributed by atoms with Crippen LogP contribution >= 0.6 is 0 Å². The minimum absolute atomic E-state index is 0.132. The minimum Gasteiger partial charge on any atom is -0.370 e. The van der Waals surface area contributed by atoms with Crippen molar-refractivity contribution in [1.82, 2.24) is 10.3 Å². The van der Waals surface area contributed by atoms with Crippen molar-refractivity contribution in [2.75, 3.05) is 17.2 Å². The lowest BCUT2D eigenvalue weighted by atomic mass is 9.96. The maximum atomic E-state index is 11.9. The van der Waals surface area contributed by atoms with Gasteiger partial charge in [0.25, 0.3) is 0 Å². The maximum absolute atomic E-state index is 11.9. The second-order valence-corrected chi connectivity index (χ2v) is 5.29. The van der Waals surface area contributed by atoms with Crippen molar-refractivity contribution >= 4 is 17.5 Å². The van der Waals surface area contributed by atoms with Crippen LogP contribution in [0.5, 0.6) is 0 Å². The van der Waals surface area contributed by atoms with E-state index in [1.165, 1.54) is 19.3 Å². The van der Waals surface area contributed by atoms with Gasteiger partial charge in [-0.15, -0.1) is 0 Å². The van der Waals surface area contributed by atoms with Crippen LogP contribution in [0.4, 0.5) is 16.3 Å². The Morgan fingerprint density at radius 2 is 2.10 bits per heavy atom. The molecule has 1 aromatic rings. The summed E-state index contributed by atoms with van der Waals surface area (Å²) in [5.74, 6) is 0.838. The van der Waals surface area contributed by atoms with Crippen molar-refractivity contribution in [1.29, 1.82) is 0 Å². The van der Waals surface area contributed by atoms with Crippen LogP contribution in [0.1, 0.15) is 45.4 Å². The average Bonchev–Trinajstić information content (AvgIpc) is 2.47. The third-order valence-electron chi connectivity index (χ3n) is 3.52. The summed E-state index contributed by atoms with van der Waals surface area (Å²) in [7, 11) is 0. The molecule has 5 nitrogen and oxygen atoms in total. The standard InChI is InChI=1S/C15H24N4O/c1-2-10-16-14-9-8-13(11-17-14)19-15(20)18-12-6-4-3-5-7-12/h8-9,11-12H,2-7,10H2,1H3,(H,16,17)(H2,18,19,20). The molecule has 1 fully saturated rings. The third kappa shape index (κ3) is 4.72. The molecule has 0 unspecified atom stereocenters. The predicted octanol–water partition coefficient (Wildman–Crippen LogP) is 3.36. The molecule has 0 spiro atoms. The third-order valence-corrected chi connectivity index (χ3v) is 3.52. The van der Waals surface area contributed by atoms with Gasteiger partial charge in [0.1, 0.15) is 5.82 Å². The Labute approximate surface area is 120 Å². The number of aromatic nitrogens is 1. The summed E-state index contributed by atoms with van der Waals surface area (Å²) in [4.78, 5) is 16.1. The Bertz CT molecular complexity index is 412. The van der Waals surface area contributed by atoms with E-state index in [-0.39, 0.29) is 6.03 Å². The van der Waals surface area contributed by atoms with Crippen molar-refractivity contribution < 1.29 is 4.79 Å². The van der Waals surface area contributed by atoms with Gasteiger partial charge in [0.15, 0.2) is 0 Å². The number of nitrogens with one attached hydrogen (secondary N) is 3. The van der Waals surface area contributed by atoms with E-state index >= 15 is 0 Å². The molecule has 1 aliphatic rings. The van der Waals surface area contributed by atoms with Gasteiger partial charge in [0.2, 0.25) is 0 Å². The lowest BCUT2D eigenvalue weighted by Gasteiger charge is -2.22. The molecule has 20 heavy (non-hydrogen) atoms. The van der Waals surface area contributed by atoms with E-state index in [1.807, 2.05) is 12.1 Å². The van der Waals surface area contributed by atoms with Crippen molar-refractivity contribution in [3.05, 3.63) is 18.3 Å². The van der Waals surface area contributed by atoms with E-state index in [0.717, 1.165) is 37.3 Å². The van der Waals surface area contributed by atoms with E-state index < -0.39 is 0 Å². The van der Waals surface area contributed by atoms with Crippen molar-refractivity contribution in [3.8, 4) is 0 Å². The first-order valence-electron chi connectivity index (χ1n) is 7.55. The molecule has 0 aromatic carbocycles. The van der Waals surface area contributed by atoms with Gasteiger partial charge in [-0.05, 0) is 31.4 Å². The molecule has 2 amide bonds. The fraction of sp³-hybridized carbons (Fsp3) is 0.600. The molecule has 0 bridgehead atoms. The lowest BCUT2D eigenvalue weighted by Crippen LogP contribution is -2.39. The molecule has 2 rings (SSSR count). The fourth-order valence-corrected chi connectivity index (χ4v) is 2.42. The fourth-order valence-electron chi connectivity index (χ4n) is 2.42. The number of anilines is 2. The molecule has 0 aliphatic heterocycles. The highest BCUT2D eigenvalue weighted by Crippen LogP contribution is 2.17. The molecule has 110 valence electrons. The zero-order valence-corrected chi connectivity index (χ0v) is 12.1. The molecule has 5 heteroatoms. The van der Waals surface area contributed by atoms with E-state index in [2.05, 4.69) is 27.9 Å². The second kappa shape index (κ2) is 7.72. The normalized spacial score (nSPS) is 15.7. The van der Waals surface area contributed by atoms with Gasteiger partial charge in [-0.3, -0.25) is 0 Å². The van der Waals surface area contributed by atoms with Crippen LogP contribution < -0.4 is 16.0 Å². The van der Waals surface area contributed by atoms with Crippen LogP contribution in [0.25, 0.3) is 0 Å². The van der Waals surface area contributed by atoms with Gasteiger partial charge >= 0.3 is 6.03 Å². The largest absolute Gasteiger partial charge is 0.370 e. The summed E-state index contributed by atoms with van der Waals surface area (Å²) in [5.41, 5.74) is 0.723. The van der Waals surface area contributed by atoms with E-state index in [4.69, 9.17) is 0 Å². The van der Waals surface area contributed by atoms with Gasteiger partial charge < -0.3 is 16.0 Å². The molecule has 1 saturated carbocycles. The van der Waals surface area contributed by atoms with Crippen LogP contribution in [0, 0.1) is 0 Å². The van der Waals surface area contributed by atoms with Crippen molar-refractivity contribution in [2.24, 2.45) is 0 Å². The summed E-state index contributed by atoms with van der Waals surface area (Å²) >= 11 is 0. The molecule has 0 atom stereocenters. The van der Waals surface area contributed by atoms with Crippen LogP contribution in [-0.4, -0.2) is 23.6 Å². The van der Waals surface area contributed by atoms with Crippen LogP contribution in [0.15, 0.2) is 18.3 Å². The van der Waals surface area contributed by atoms with Gasteiger partial charge in [-0.25, -0.2) is 9.78 Å². The monoisotopic (exact) mass is 276 g/mol. The Morgan fingerprint density at radius 1 is 1.30 bits per heavy atom. The minimum atomic E-state index is -0.132. The van der Waals surface area contributed by atoms with Gasteiger partial charge in [0.05, 0.1) is 11.9 Å². The van der Waals surface area contributed by atoms with E-state index in [1.54, 1.807) is 6.20 Å². The SMILES string of the molecule is CCCNc1ccc(NC(=O)NC2CCCCC2)cn1. The van der Waals surface area contributed by atoms with Gasteiger partial charge in [-0.1, -0.05) is 26.2 Å². The molecular weight excluding hydrogens is 252 g/mol. The highest BCUT2D eigenvalue weighted by atomic mass is 16.2. The van der Waals surface area contributed by atoms with Gasteiger partial charge in [0, 0.05) is 12.6 Å². The van der Waals surface area contributed by atoms with E-state index in [0.29, 0.717) is 6.04 Å². The number of amides is 2. The number of hydrogen-bond donors (Lipinski definition) is 3. The molecule has 0 saturated heterocycles. The smallest absolute Gasteiger partial charge is 0.319 e. The molecule has 1 heterocycles. The highest BCUT2D eigenvalue weighted by Gasteiger charge is 2.15. The van der Waals surface area contributed by atoms with E-state index in [9.17, 15) is 4.79 Å². The first-order chi connectivity index (χ1) is 9.78. The number of nitrogens with zero attached hydrogens (tertiary/aromatic N) is 1. The molecule has 0 radical (unpaired) electrons. The summed E-state index contributed by atoms with van der Waals surface area (Å²) in [6.07, 6.45) is 8.63. The number of carbonyl (C=O) groups excluding carboxylic acids is 1. The highest BCUT2D eigenvalue weighted by molar-refractivity contribution is 5.89. The molecule has 3 N–H and O–H groups in total. The average molecular weight is 276 g/mol. The number of urea groups is 1. The van der Waals surface area contributed by atoms with Gasteiger partial charge in [-0.2, -0.15) is 0 Å². The first-order valence-corrected chi connectivity index (χ1v) is 7.55. The van der Waals surface area contributed by atoms with Crippen LogP contribution in [0.2, 0.25) is 0 Å². The zero-order valence-electron chi connectivity index (χ0n) is 12.1. The Hall–Kier alpha value is -1.78. The number of hydrogen-bond acceptors (Lipinski definition) is 3. The number of pyridine rings is 1. The van der Waals surface area contributed by atoms with Crippen molar-refractivity contribution in [3.63, 3.8) is 0 Å². The summed E-state index contributed by atoms with van der Waals surface area (Å²) in [6.45, 7) is 3.01. The molecule has 1 aliphatic carbocycles. The molecule has 1 aromatic heterocycles. The molecular formula is C15H24N4O. The van der Waals surface area contributed by atoms with Crippen LogP contribution in [0.3, 0.4) is 0 Å².